The Morgan fingerprint density at radius 3 is 2.69 bits per heavy atom. The first kappa shape index (κ1) is 12.4. The predicted molar refractivity (Wildman–Crippen MR) is 59.9 cm³/mol. The second-order valence-electron chi connectivity index (χ2n) is 3.60. The zero-order chi connectivity index (χ0) is 12.1. The molecule has 0 bridgehead atoms. The number of aliphatic carboxylic acids is 1. The van der Waals surface area contributed by atoms with Crippen LogP contribution >= 0.6 is 0 Å². The third kappa shape index (κ3) is 2.66. The Bertz CT molecular complexity index is 373. The molecule has 1 aromatic carbocycles. The Morgan fingerprint density at radius 2 is 2.19 bits per heavy atom. The van der Waals surface area contributed by atoms with E-state index in [9.17, 15) is 9.90 Å². The van der Waals surface area contributed by atoms with Crippen molar-refractivity contribution in [3.8, 4) is 11.5 Å². The maximum absolute atomic E-state index is 10.7. The molecule has 0 amide bonds. The van der Waals surface area contributed by atoms with Gasteiger partial charge in [0.1, 0.15) is 0 Å². The fourth-order valence-electron chi connectivity index (χ4n) is 1.72. The number of rotatable bonds is 5. The third-order valence-electron chi connectivity index (χ3n) is 2.60. The van der Waals surface area contributed by atoms with E-state index in [1.165, 1.54) is 7.11 Å². The minimum atomic E-state index is -0.867. The van der Waals surface area contributed by atoms with Gasteiger partial charge in [0.05, 0.1) is 13.5 Å². The summed E-state index contributed by atoms with van der Waals surface area (Å²) in [5.41, 5.74) is 0.629. The van der Waals surface area contributed by atoms with Crippen LogP contribution in [-0.2, 0) is 4.79 Å². The number of phenols is 1. The number of carbonyl (C=O) groups is 1. The van der Waals surface area contributed by atoms with Crippen LogP contribution in [0.3, 0.4) is 0 Å². The summed E-state index contributed by atoms with van der Waals surface area (Å²) in [4.78, 5) is 10.7. The van der Waals surface area contributed by atoms with Gasteiger partial charge in [-0.15, -0.1) is 0 Å². The van der Waals surface area contributed by atoms with Gasteiger partial charge in [0.2, 0.25) is 0 Å². The number of hydrogen-bond donors (Lipinski definition) is 2. The fraction of sp³-hybridized carbons (Fsp3) is 0.417. The molecule has 4 nitrogen and oxygen atoms in total. The molecule has 0 fully saturated rings. The average molecular weight is 224 g/mol. The van der Waals surface area contributed by atoms with Crippen LogP contribution in [0.5, 0.6) is 11.5 Å². The largest absolute Gasteiger partial charge is 0.504 e. The highest BCUT2D eigenvalue weighted by molar-refractivity contribution is 5.68. The van der Waals surface area contributed by atoms with Crippen LogP contribution in [0, 0.1) is 0 Å². The number of phenolic OH excluding ortho intramolecular Hbond substituents is 1. The van der Waals surface area contributed by atoms with Crippen molar-refractivity contribution >= 4 is 5.97 Å². The molecule has 1 atom stereocenters. The van der Waals surface area contributed by atoms with Gasteiger partial charge in [0, 0.05) is 5.56 Å². The van der Waals surface area contributed by atoms with Crippen molar-refractivity contribution in [2.24, 2.45) is 0 Å². The molecule has 0 saturated carbocycles. The zero-order valence-corrected chi connectivity index (χ0v) is 9.43. The van der Waals surface area contributed by atoms with E-state index in [1.54, 1.807) is 18.2 Å². The summed E-state index contributed by atoms with van der Waals surface area (Å²) in [6, 6.07) is 5.12. The third-order valence-corrected chi connectivity index (χ3v) is 2.60. The van der Waals surface area contributed by atoms with Crippen LogP contribution in [0.4, 0.5) is 0 Å². The second-order valence-corrected chi connectivity index (χ2v) is 3.60. The molecule has 0 saturated heterocycles. The zero-order valence-electron chi connectivity index (χ0n) is 9.43. The lowest BCUT2D eigenvalue weighted by molar-refractivity contribution is -0.137. The molecule has 0 heterocycles. The number of para-hydroxylation sites is 1. The molecule has 1 unspecified atom stereocenters. The Hall–Kier alpha value is -1.71. The predicted octanol–water partition coefficient (Wildman–Crippen LogP) is 2.37. The summed E-state index contributed by atoms with van der Waals surface area (Å²) < 4.78 is 4.99. The van der Waals surface area contributed by atoms with E-state index in [-0.39, 0.29) is 18.1 Å². The smallest absolute Gasteiger partial charge is 0.303 e. The molecular formula is C12H16O4. The summed E-state index contributed by atoms with van der Waals surface area (Å²) in [6.07, 6.45) is 0.671. The van der Waals surface area contributed by atoms with Crippen molar-refractivity contribution in [3.05, 3.63) is 23.8 Å². The summed E-state index contributed by atoms with van der Waals surface area (Å²) in [5, 5.41) is 18.7. The average Bonchev–Trinajstić information content (AvgIpc) is 2.26. The molecule has 4 heteroatoms. The first-order valence-corrected chi connectivity index (χ1v) is 5.17. The van der Waals surface area contributed by atoms with Crippen molar-refractivity contribution in [1.82, 2.24) is 0 Å². The quantitative estimate of drug-likeness (QED) is 0.805. The Balaban J connectivity index is 3.04. The number of ether oxygens (including phenoxy) is 1. The molecule has 1 rings (SSSR count). The second kappa shape index (κ2) is 5.39. The van der Waals surface area contributed by atoms with Crippen molar-refractivity contribution in [1.29, 1.82) is 0 Å². The van der Waals surface area contributed by atoms with Gasteiger partial charge in [-0.1, -0.05) is 19.1 Å². The van der Waals surface area contributed by atoms with Gasteiger partial charge in [-0.05, 0) is 18.4 Å². The van der Waals surface area contributed by atoms with Gasteiger partial charge >= 0.3 is 5.97 Å². The molecule has 0 radical (unpaired) electrons. The lowest BCUT2D eigenvalue weighted by atomic mass is 9.92. The highest BCUT2D eigenvalue weighted by Crippen LogP contribution is 2.37. The van der Waals surface area contributed by atoms with Crippen LogP contribution < -0.4 is 4.74 Å². The fourth-order valence-corrected chi connectivity index (χ4v) is 1.72. The molecule has 0 aliphatic carbocycles. The van der Waals surface area contributed by atoms with Gasteiger partial charge < -0.3 is 14.9 Å². The maximum Gasteiger partial charge on any atom is 0.303 e. The Morgan fingerprint density at radius 1 is 1.50 bits per heavy atom. The molecule has 88 valence electrons. The van der Waals surface area contributed by atoms with Gasteiger partial charge in [0.15, 0.2) is 11.5 Å². The van der Waals surface area contributed by atoms with E-state index in [4.69, 9.17) is 9.84 Å². The summed E-state index contributed by atoms with van der Waals surface area (Å²) in [7, 11) is 1.47. The van der Waals surface area contributed by atoms with Gasteiger partial charge in [-0.3, -0.25) is 4.79 Å². The van der Waals surface area contributed by atoms with E-state index in [1.807, 2.05) is 6.92 Å². The molecular weight excluding hydrogens is 208 g/mol. The van der Waals surface area contributed by atoms with Gasteiger partial charge in [-0.2, -0.15) is 0 Å². The van der Waals surface area contributed by atoms with Crippen molar-refractivity contribution in [2.75, 3.05) is 7.11 Å². The van der Waals surface area contributed by atoms with Crippen LogP contribution in [0.15, 0.2) is 18.2 Å². The number of carboxylic acids is 1. The highest BCUT2D eigenvalue weighted by atomic mass is 16.5. The van der Waals surface area contributed by atoms with E-state index in [0.29, 0.717) is 17.7 Å². The number of hydrogen-bond acceptors (Lipinski definition) is 3. The lowest BCUT2D eigenvalue weighted by Gasteiger charge is -2.16. The van der Waals surface area contributed by atoms with Gasteiger partial charge in [0.25, 0.3) is 0 Å². The summed E-state index contributed by atoms with van der Waals surface area (Å²) >= 11 is 0. The molecule has 2 N–H and O–H groups in total. The Kier molecular flexibility index (Phi) is 4.17. The topological polar surface area (TPSA) is 66.8 Å². The molecule has 0 aliphatic heterocycles. The van der Waals surface area contributed by atoms with E-state index >= 15 is 0 Å². The van der Waals surface area contributed by atoms with Crippen LogP contribution in [0.25, 0.3) is 0 Å². The van der Waals surface area contributed by atoms with E-state index in [2.05, 4.69) is 0 Å². The maximum atomic E-state index is 10.7. The number of aromatic hydroxyl groups is 1. The lowest BCUT2D eigenvalue weighted by Crippen LogP contribution is -2.06. The van der Waals surface area contributed by atoms with Crippen molar-refractivity contribution in [3.63, 3.8) is 0 Å². The minimum absolute atomic E-state index is 0.0111. The molecule has 0 spiro atoms. The van der Waals surface area contributed by atoms with Crippen molar-refractivity contribution in [2.45, 2.75) is 25.7 Å². The molecule has 16 heavy (non-hydrogen) atoms. The minimum Gasteiger partial charge on any atom is -0.504 e. The summed E-state index contributed by atoms with van der Waals surface area (Å²) in [5.74, 6) is -0.638. The first-order chi connectivity index (χ1) is 7.60. The molecule has 0 aromatic heterocycles. The van der Waals surface area contributed by atoms with Gasteiger partial charge in [-0.25, -0.2) is 0 Å². The summed E-state index contributed by atoms with van der Waals surface area (Å²) in [6.45, 7) is 1.90. The van der Waals surface area contributed by atoms with Crippen LogP contribution in [0.1, 0.15) is 31.2 Å². The number of carboxylic acid groups (broad SMARTS) is 1. The van der Waals surface area contributed by atoms with Crippen LogP contribution in [0.2, 0.25) is 0 Å². The monoisotopic (exact) mass is 224 g/mol. The standard InChI is InChI=1S/C12H16O4/c1-3-8(7-11(13)14)9-5-4-6-10(16-2)12(9)15/h4-6,8,15H,3,7H2,1-2H3,(H,13,14). The molecule has 1 aromatic rings. The van der Waals surface area contributed by atoms with E-state index in [0.717, 1.165) is 0 Å². The number of benzene rings is 1. The van der Waals surface area contributed by atoms with Crippen molar-refractivity contribution < 1.29 is 19.7 Å². The number of methoxy groups -OCH3 is 1. The highest BCUT2D eigenvalue weighted by Gasteiger charge is 2.18. The first-order valence-electron chi connectivity index (χ1n) is 5.17. The normalized spacial score (nSPS) is 12.1. The molecule has 0 aliphatic rings. The van der Waals surface area contributed by atoms with Crippen LogP contribution in [-0.4, -0.2) is 23.3 Å². The Labute approximate surface area is 94.5 Å². The van der Waals surface area contributed by atoms with E-state index < -0.39 is 5.97 Å². The SMILES string of the molecule is CCC(CC(=O)O)c1cccc(OC)c1O.